The molecule has 17 heteroatoms. The molecule has 17 nitrogen and oxygen atoms in total. The minimum Gasteiger partial charge on any atom is -0.493 e. The minimum atomic E-state index is -1.10. The van der Waals surface area contributed by atoms with Crippen molar-refractivity contribution in [1.82, 2.24) is 0 Å². The lowest BCUT2D eigenvalue weighted by Crippen LogP contribution is -2.23. The van der Waals surface area contributed by atoms with Crippen LogP contribution in [0.1, 0.15) is 112 Å². The summed E-state index contributed by atoms with van der Waals surface area (Å²) in [5.41, 5.74) is 3.95. The smallest absolute Gasteiger partial charge is 0.162 e. The van der Waals surface area contributed by atoms with Crippen LogP contribution in [0, 0.1) is 11.8 Å². The molecule has 1 saturated heterocycles. The van der Waals surface area contributed by atoms with Gasteiger partial charge in [0.2, 0.25) is 0 Å². The molecule has 79 heavy (non-hydrogen) atoms. The van der Waals surface area contributed by atoms with Crippen molar-refractivity contribution >= 4 is 0 Å². The third kappa shape index (κ3) is 13.3. The van der Waals surface area contributed by atoms with Crippen LogP contribution in [0.4, 0.5) is 0 Å². The van der Waals surface area contributed by atoms with E-state index >= 15 is 0 Å². The highest BCUT2D eigenvalue weighted by atomic mass is 16.6. The first-order chi connectivity index (χ1) is 37.9. The molecule has 12 atom stereocenters. The summed E-state index contributed by atoms with van der Waals surface area (Å²) in [4.78, 5) is 0. The van der Waals surface area contributed by atoms with E-state index in [4.69, 9.17) is 61.6 Å². The van der Waals surface area contributed by atoms with Gasteiger partial charge in [-0.1, -0.05) is 50.2 Å². The van der Waals surface area contributed by atoms with Gasteiger partial charge >= 0.3 is 0 Å². The molecule has 1 aliphatic heterocycles. The summed E-state index contributed by atoms with van der Waals surface area (Å²) in [6.45, 7) is 11.3. The van der Waals surface area contributed by atoms with E-state index in [1.807, 2.05) is 36.4 Å². The van der Waals surface area contributed by atoms with Gasteiger partial charge in [0.15, 0.2) is 69.0 Å². The molecule has 0 radical (unpaired) electrons. The maximum atomic E-state index is 11.6. The fourth-order valence-corrected chi connectivity index (χ4v) is 9.79. The molecule has 0 aliphatic carbocycles. The predicted molar refractivity (Wildman–Crippen MR) is 296 cm³/mol. The topological polar surface area (TPSA) is 201 Å². The monoisotopic (exact) mass is 1090 g/mol. The van der Waals surface area contributed by atoms with Crippen molar-refractivity contribution in [2.45, 2.75) is 103 Å². The maximum absolute atomic E-state index is 11.6. The van der Waals surface area contributed by atoms with Gasteiger partial charge in [-0.05, 0) is 146 Å². The fraction of sp³-hybridized carbons (Fsp3) is 0.419. The predicted octanol–water partition coefficient (Wildman–Crippen LogP) is 10.8. The largest absolute Gasteiger partial charge is 0.493 e. The molecule has 1 heterocycles. The van der Waals surface area contributed by atoms with E-state index < -0.39 is 48.8 Å². The van der Waals surface area contributed by atoms with Crippen LogP contribution in [0.25, 0.3) is 0 Å². The molecule has 12 unspecified atom stereocenters. The van der Waals surface area contributed by atoms with Gasteiger partial charge in [-0.3, -0.25) is 0 Å². The Labute approximate surface area is 463 Å². The minimum absolute atomic E-state index is 0.0873. The van der Waals surface area contributed by atoms with Crippen LogP contribution < -0.4 is 56.8 Å². The van der Waals surface area contributed by atoms with Crippen LogP contribution in [-0.4, -0.2) is 102 Å². The van der Waals surface area contributed by atoms with Crippen molar-refractivity contribution in [2.24, 2.45) is 11.8 Å². The Morgan fingerprint density at radius 1 is 0.304 bits per heavy atom. The lowest BCUT2D eigenvalue weighted by molar-refractivity contribution is 0.0281. The van der Waals surface area contributed by atoms with Crippen molar-refractivity contribution in [2.75, 3.05) is 56.9 Å². The fourth-order valence-electron chi connectivity index (χ4n) is 9.79. The number of rotatable bonds is 26. The molecule has 1 aliphatic rings. The molecule has 0 saturated carbocycles. The number of benzene rings is 6. The Kier molecular flexibility index (Phi) is 20.0. The van der Waals surface area contributed by atoms with E-state index in [2.05, 4.69) is 13.8 Å². The highest BCUT2D eigenvalue weighted by molar-refractivity contribution is 5.50. The quantitative estimate of drug-likeness (QED) is 0.0399. The second-order valence-electron chi connectivity index (χ2n) is 19.6. The summed E-state index contributed by atoms with van der Waals surface area (Å²) in [7, 11) is 12.3. The van der Waals surface area contributed by atoms with E-state index in [9.17, 15) is 20.4 Å². The summed E-state index contributed by atoms with van der Waals surface area (Å²) in [5.74, 6) is 5.51. The van der Waals surface area contributed by atoms with E-state index in [0.717, 1.165) is 11.1 Å². The molecule has 6 aromatic rings. The average Bonchev–Trinajstić information content (AvgIpc) is 3.78. The zero-order valence-corrected chi connectivity index (χ0v) is 47.4. The first kappa shape index (κ1) is 59.4. The standard InChI is InChI=1S/C62H76O17/c1-33-34(2)62(44-20-26-50(54(32-44)74-14)76-36(4)58(64)42-18-24-48(70-10)56(30-42)78-38(6)60(66)40-16-22-46(68-8)52(28-40)72-12)79-61(33)43-19-25-49(53(31-43)73-13)75-35(3)57(63)41-17-23-47(69-9)55(29-41)77-37(5)59(65)39-15-21-45(67-7)51(27-39)71-11/h15-38,57-66H,1-14H3. The van der Waals surface area contributed by atoms with Crippen molar-refractivity contribution < 1.29 is 82.0 Å². The van der Waals surface area contributed by atoms with Crippen molar-refractivity contribution in [3.63, 3.8) is 0 Å². The number of hydrogen-bond acceptors (Lipinski definition) is 17. The second-order valence-corrected chi connectivity index (χ2v) is 19.6. The number of methoxy groups -OCH3 is 8. The molecule has 6 aromatic carbocycles. The Bertz CT molecular complexity index is 2770. The summed E-state index contributed by atoms with van der Waals surface area (Å²) in [6, 6.07) is 31.9. The first-order valence-electron chi connectivity index (χ1n) is 26.1. The van der Waals surface area contributed by atoms with Gasteiger partial charge in [-0.25, -0.2) is 0 Å². The van der Waals surface area contributed by atoms with Gasteiger partial charge < -0.3 is 82.0 Å². The van der Waals surface area contributed by atoms with Crippen LogP contribution in [0.5, 0.6) is 69.0 Å². The van der Waals surface area contributed by atoms with Gasteiger partial charge in [0.25, 0.3) is 0 Å². The summed E-state index contributed by atoms with van der Waals surface area (Å²) >= 11 is 0. The molecular weight excluding hydrogens is 1020 g/mol. The van der Waals surface area contributed by atoms with Crippen LogP contribution in [-0.2, 0) is 4.74 Å². The zero-order valence-electron chi connectivity index (χ0n) is 47.4. The zero-order chi connectivity index (χ0) is 57.2. The molecule has 7 rings (SSSR count). The number of ether oxygens (including phenoxy) is 13. The Balaban J connectivity index is 0.994. The van der Waals surface area contributed by atoms with Crippen LogP contribution in [0.15, 0.2) is 109 Å². The maximum Gasteiger partial charge on any atom is 0.162 e. The van der Waals surface area contributed by atoms with E-state index in [-0.39, 0.29) is 24.0 Å². The van der Waals surface area contributed by atoms with Gasteiger partial charge in [0.1, 0.15) is 48.8 Å². The van der Waals surface area contributed by atoms with E-state index in [1.54, 1.807) is 129 Å². The molecule has 0 amide bonds. The van der Waals surface area contributed by atoms with Crippen LogP contribution in [0.2, 0.25) is 0 Å². The van der Waals surface area contributed by atoms with Crippen LogP contribution in [0.3, 0.4) is 0 Å². The number of aliphatic hydroxyl groups is 4. The summed E-state index contributed by atoms with van der Waals surface area (Å²) in [5, 5.41) is 45.8. The Morgan fingerprint density at radius 2 is 0.532 bits per heavy atom. The second kappa shape index (κ2) is 26.6. The van der Waals surface area contributed by atoms with E-state index in [1.165, 1.54) is 28.4 Å². The van der Waals surface area contributed by atoms with Gasteiger partial charge in [-0.15, -0.1) is 0 Å². The average molecular weight is 1090 g/mol. The van der Waals surface area contributed by atoms with Crippen molar-refractivity contribution in [1.29, 1.82) is 0 Å². The van der Waals surface area contributed by atoms with E-state index in [0.29, 0.717) is 91.2 Å². The summed E-state index contributed by atoms with van der Waals surface area (Å²) < 4.78 is 76.5. The van der Waals surface area contributed by atoms with Crippen LogP contribution >= 0.6 is 0 Å². The lowest BCUT2D eigenvalue weighted by Gasteiger charge is -2.25. The highest BCUT2D eigenvalue weighted by Gasteiger charge is 2.41. The molecular formula is C62H76O17. The molecule has 4 N–H and O–H groups in total. The van der Waals surface area contributed by atoms with Crippen molar-refractivity contribution in [3.8, 4) is 69.0 Å². The van der Waals surface area contributed by atoms with Gasteiger partial charge in [-0.2, -0.15) is 0 Å². The first-order valence-corrected chi connectivity index (χ1v) is 26.1. The molecule has 0 bridgehead atoms. The number of aliphatic hydroxyl groups excluding tert-OH is 4. The third-order valence-corrected chi connectivity index (χ3v) is 14.7. The summed E-state index contributed by atoms with van der Waals surface area (Å²) in [6.07, 6.45) is -7.77. The molecule has 426 valence electrons. The molecule has 0 spiro atoms. The Hall–Kier alpha value is -7.28. The lowest BCUT2D eigenvalue weighted by atomic mass is 9.85. The molecule has 0 aromatic heterocycles. The van der Waals surface area contributed by atoms with Gasteiger partial charge in [0, 0.05) is 0 Å². The normalized spacial score (nSPS) is 19.1. The highest BCUT2D eigenvalue weighted by Crippen LogP contribution is 2.51. The SMILES string of the molecule is COc1ccc(C(O)C(C)Oc2cc(C(O)C(C)Oc3ccc(C4OC(c5ccc(OC(C)C(O)c6ccc(OC)c(OC(C)C(O)c7ccc(OC)c(OC)c7)c6)c(OC)c5)C(C)C4C)cc3OC)ccc2OC)cc1OC. The van der Waals surface area contributed by atoms with Crippen molar-refractivity contribution in [3.05, 3.63) is 143 Å². The molecule has 1 fully saturated rings. The third-order valence-electron chi connectivity index (χ3n) is 14.7. The number of hydrogen-bond donors (Lipinski definition) is 4. The van der Waals surface area contributed by atoms with Gasteiger partial charge in [0.05, 0.1) is 69.1 Å². The Morgan fingerprint density at radius 3 is 0.810 bits per heavy atom.